The van der Waals surface area contributed by atoms with E-state index in [4.69, 9.17) is 9.47 Å². The number of aromatic nitrogens is 4. The molecule has 40 heavy (non-hydrogen) atoms. The number of anilines is 1. The van der Waals surface area contributed by atoms with Crippen LogP contribution in [0, 0.1) is 0 Å². The predicted octanol–water partition coefficient (Wildman–Crippen LogP) is 5.33. The van der Waals surface area contributed by atoms with Gasteiger partial charge in [-0.25, -0.2) is 9.97 Å². The average Bonchev–Trinajstić information content (AvgIpc) is 3.39. The minimum absolute atomic E-state index is 0.176. The zero-order valence-corrected chi connectivity index (χ0v) is 22.6. The van der Waals surface area contributed by atoms with Crippen LogP contribution in [0.25, 0.3) is 33.3 Å². The fourth-order valence-corrected chi connectivity index (χ4v) is 4.21. The Morgan fingerprint density at radius 2 is 1.90 bits per heavy atom. The van der Waals surface area contributed by atoms with Crippen molar-refractivity contribution in [2.45, 2.75) is 6.61 Å². The first-order chi connectivity index (χ1) is 19.5. The van der Waals surface area contributed by atoms with Crippen molar-refractivity contribution >= 4 is 22.6 Å². The summed E-state index contributed by atoms with van der Waals surface area (Å²) in [6, 6.07) is 17.3. The molecule has 0 unspecified atom stereocenters. The van der Waals surface area contributed by atoms with Gasteiger partial charge >= 0.3 is 0 Å². The summed E-state index contributed by atoms with van der Waals surface area (Å²) in [4.78, 5) is 30.9. The van der Waals surface area contributed by atoms with Gasteiger partial charge in [-0.1, -0.05) is 24.3 Å². The number of fused-ring (bicyclic) bond motifs is 1. The Bertz CT molecular complexity index is 1650. The van der Waals surface area contributed by atoms with Gasteiger partial charge in [0.2, 0.25) is 11.8 Å². The van der Waals surface area contributed by atoms with E-state index in [1.807, 2.05) is 86.0 Å². The summed E-state index contributed by atoms with van der Waals surface area (Å²) < 4.78 is 11.6. The van der Waals surface area contributed by atoms with E-state index >= 15 is 0 Å². The molecule has 5 aromatic rings. The van der Waals surface area contributed by atoms with Crippen LogP contribution in [0.5, 0.6) is 11.6 Å². The number of hydrogen-bond donors (Lipinski definition) is 2. The van der Waals surface area contributed by atoms with Crippen LogP contribution in [0.3, 0.4) is 0 Å². The molecule has 4 heterocycles. The summed E-state index contributed by atoms with van der Waals surface area (Å²) in [5, 5.41) is 3.84. The van der Waals surface area contributed by atoms with Crippen molar-refractivity contribution in [2.75, 3.05) is 33.1 Å². The second-order valence-corrected chi connectivity index (χ2v) is 9.39. The standard InChI is InChI=1S/C31H30N6O3/c1-37(2)13-7-11-29(38)36-23-10-6-8-21(14-23)22-15-26-27(18-35-31(26)34-17-22)25-16-30(39-3)33-19-28(25)40-20-24-9-4-5-12-32-24/h4-12,14-19H,13,20H2,1-3H3,(H,34,35)(H,36,38). The van der Waals surface area contributed by atoms with Crippen molar-refractivity contribution in [3.63, 3.8) is 0 Å². The molecule has 5 rings (SSSR count). The van der Waals surface area contributed by atoms with E-state index in [1.165, 1.54) is 0 Å². The van der Waals surface area contributed by atoms with E-state index in [-0.39, 0.29) is 5.91 Å². The number of nitrogens with zero attached hydrogens (tertiary/aromatic N) is 4. The number of ether oxygens (including phenoxy) is 2. The number of carbonyl (C=O) groups excluding carboxylic acids is 1. The summed E-state index contributed by atoms with van der Waals surface area (Å²) in [6.07, 6.45) is 10.5. The molecular formula is C31H30N6O3. The molecule has 0 saturated heterocycles. The third-order valence-electron chi connectivity index (χ3n) is 6.18. The van der Waals surface area contributed by atoms with Gasteiger partial charge in [-0.3, -0.25) is 9.78 Å². The second kappa shape index (κ2) is 12.2. The molecule has 0 fully saturated rings. The van der Waals surface area contributed by atoms with Crippen molar-refractivity contribution in [3.8, 4) is 33.9 Å². The van der Waals surface area contributed by atoms with Crippen LogP contribution in [-0.4, -0.2) is 58.5 Å². The van der Waals surface area contributed by atoms with Gasteiger partial charge in [-0.2, -0.15) is 0 Å². The monoisotopic (exact) mass is 534 g/mol. The van der Waals surface area contributed by atoms with E-state index in [0.717, 1.165) is 39.0 Å². The third kappa shape index (κ3) is 6.33. The molecule has 202 valence electrons. The highest BCUT2D eigenvalue weighted by Crippen LogP contribution is 2.38. The molecule has 0 aliphatic heterocycles. The third-order valence-corrected chi connectivity index (χ3v) is 6.18. The van der Waals surface area contributed by atoms with E-state index < -0.39 is 0 Å². The van der Waals surface area contributed by atoms with Gasteiger partial charge in [-0.15, -0.1) is 0 Å². The number of nitrogens with one attached hydrogen (secondary N) is 2. The van der Waals surface area contributed by atoms with E-state index in [0.29, 0.717) is 30.5 Å². The van der Waals surface area contributed by atoms with Crippen LogP contribution < -0.4 is 14.8 Å². The molecule has 0 aliphatic rings. The van der Waals surface area contributed by atoms with Gasteiger partial charge in [0.05, 0.1) is 19.0 Å². The van der Waals surface area contributed by atoms with E-state index in [2.05, 4.69) is 31.3 Å². The van der Waals surface area contributed by atoms with Crippen molar-refractivity contribution < 1.29 is 14.3 Å². The average molecular weight is 535 g/mol. The van der Waals surface area contributed by atoms with Gasteiger partial charge in [-0.05, 0) is 50.0 Å². The first-order valence-electron chi connectivity index (χ1n) is 12.8. The molecule has 0 aliphatic carbocycles. The molecule has 0 bridgehead atoms. The zero-order valence-electron chi connectivity index (χ0n) is 22.6. The number of carbonyl (C=O) groups is 1. The number of hydrogen-bond acceptors (Lipinski definition) is 7. The molecule has 1 amide bonds. The lowest BCUT2D eigenvalue weighted by Crippen LogP contribution is -2.12. The number of aromatic amines is 1. The second-order valence-electron chi connectivity index (χ2n) is 9.39. The summed E-state index contributed by atoms with van der Waals surface area (Å²) in [5.41, 5.74) is 5.80. The van der Waals surface area contributed by atoms with Crippen molar-refractivity contribution in [1.29, 1.82) is 0 Å². The van der Waals surface area contributed by atoms with Crippen molar-refractivity contribution in [1.82, 2.24) is 24.8 Å². The topological polar surface area (TPSA) is 105 Å². The summed E-state index contributed by atoms with van der Waals surface area (Å²) in [7, 11) is 5.49. The fraction of sp³-hybridized carbons (Fsp3) is 0.161. The van der Waals surface area contributed by atoms with Crippen LogP contribution in [-0.2, 0) is 11.4 Å². The Balaban J connectivity index is 1.45. The Morgan fingerprint density at radius 3 is 2.70 bits per heavy atom. The lowest BCUT2D eigenvalue weighted by molar-refractivity contribution is -0.111. The smallest absolute Gasteiger partial charge is 0.248 e. The summed E-state index contributed by atoms with van der Waals surface area (Å²) >= 11 is 0. The minimum atomic E-state index is -0.176. The zero-order chi connectivity index (χ0) is 27.9. The normalized spacial score (nSPS) is 11.3. The lowest BCUT2D eigenvalue weighted by atomic mass is 10.0. The van der Waals surface area contributed by atoms with Crippen molar-refractivity contribution in [3.05, 3.63) is 97.2 Å². The van der Waals surface area contributed by atoms with Gasteiger partial charge < -0.3 is 24.7 Å². The lowest BCUT2D eigenvalue weighted by Gasteiger charge is -2.12. The van der Waals surface area contributed by atoms with Gasteiger partial charge in [0, 0.05) is 65.0 Å². The van der Waals surface area contributed by atoms with Crippen molar-refractivity contribution in [2.24, 2.45) is 0 Å². The number of H-pyrrole nitrogens is 1. The number of amides is 1. The molecule has 0 radical (unpaired) electrons. The van der Waals surface area contributed by atoms with Gasteiger partial charge in [0.25, 0.3) is 0 Å². The fourth-order valence-electron chi connectivity index (χ4n) is 4.21. The molecule has 2 N–H and O–H groups in total. The summed E-state index contributed by atoms with van der Waals surface area (Å²) in [5.74, 6) is 0.900. The molecule has 4 aromatic heterocycles. The number of methoxy groups -OCH3 is 1. The first kappa shape index (κ1) is 26.6. The maximum Gasteiger partial charge on any atom is 0.248 e. The van der Waals surface area contributed by atoms with Crippen LogP contribution >= 0.6 is 0 Å². The molecular weight excluding hydrogens is 504 g/mol. The number of pyridine rings is 3. The largest absolute Gasteiger partial charge is 0.485 e. The Labute approximate surface area is 232 Å². The number of rotatable bonds is 10. The van der Waals surface area contributed by atoms with Crippen LogP contribution in [0.15, 0.2) is 91.5 Å². The number of benzene rings is 1. The number of likely N-dealkylation sites (N-methyl/N-ethyl adjacent to an activating group) is 1. The maximum atomic E-state index is 12.3. The van der Waals surface area contributed by atoms with Crippen LogP contribution in [0.1, 0.15) is 5.69 Å². The molecule has 0 spiro atoms. The Hall–Kier alpha value is -5.02. The first-order valence-corrected chi connectivity index (χ1v) is 12.8. The van der Waals surface area contributed by atoms with Gasteiger partial charge in [0.15, 0.2) is 0 Å². The molecule has 9 nitrogen and oxygen atoms in total. The van der Waals surface area contributed by atoms with Crippen LogP contribution in [0.2, 0.25) is 0 Å². The molecule has 1 aromatic carbocycles. The highest BCUT2D eigenvalue weighted by molar-refractivity contribution is 6.00. The maximum absolute atomic E-state index is 12.3. The highest BCUT2D eigenvalue weighted by atomic mass is 16.5. The Kier molecular flexibility index (Phi) is 8.13. The van der Waals surface area contributed by atoms with E-state index in [9.17, 15) is 4.79 Å². The quantitative estimate of drug-likeness (QED) is 0.233. The predicted molar refractivity (Wildman–Crippen MR) is 156 cm³/mol. The summed E-state index contributed by atoms with van der Waals surface area (Å²) in [6.45, 7) is 0.994. The van der Waals surface area contributed by atoms with Crippen LogP contribution in [0.4, 0.5) is 5.69 Å². The molecule has 0 saturated carbocycles. The molecule has 9 heteroatoms. The molecule has 0 atom stereocenters. The van der Waals surface area contributed by atoms with Gasteiger partial charge in [0.1, 0.15) is 18.0 Å². The SMILES string of the molecule is COc1cc(-c2c[nH]c3ncc(-c4cccc(NC(=O)C=CCN(C)C)c4)cc23)c(OCc2ccccn2)cn1. The Morgan fingerprint density at radius 1 is 1.00 bits per heavy atom. The minimum Gasteiger partial charge on any atom is -0.485 e. The van der Waals surface area contributed by atoms with E-state index in [1.54, 1.807) is 25.6 Å². The highest BCUT2D eigenvalue weighted by Gasteiger charge is 2.16.